The Morgan fingerprint density at radius 3 is 2.63 bits per heavy atom. The quantitative estimate of drug-likeness (QED) is 0.701. The van der Waals surface area contributed by atoms with Crippen LogP contribution in [0.15, 0.2) is 60.8 Å². The minimum atomic E-state index is -0.175. The van der Waals surface area contributed by atoms with Gasteiger partial charge in [-0.05, 0) is 42.3 Å². The van der Waals surface area contributed by atoms with Crippen LogP contribution in [-0.2, 0) is 11.3 Å². The van der Waals surface area contributed by atoms with E-state index in [0.29, 0.717) is 12.1 Å². The molecule has 0 radical (unpaired) electrons. The highest BCUT2D eigenvalue weighted by atomic mass is 16.5. The highest BCUT2D eigenvalue weighted by molar-refractivity contribution is 5.78. The Labute approximate surface area is 158 Å². The number of nitrogens with zero attached hydrogens (tertiary/aromatic N) is 4. The third-order valence-corrected chi connectivity index (χ3v) is 4.88. The van der Waals surface area contributed by atoms with E-state index < -0.39 is 0 Å². The lowest BCUT2D eigenvalue weighted by Gasteiger charge is -2.34. The SMILES string of the molecule is COC1C=Cc2ccccc2N1c1cnn(Cc2ccc(C#N)cc2)c1C. The van der Waals surface area contributed by atoms with Crippen LogP contribution in [0.3, 0.4) is 0 Å². The van der Waals surface area contributed by atoms with E-state index in [4.69, 9.17) is 10.00 Å². The van der Waals surface area contributed by atoms with Crippen LogP contribution in [0.1, 0.15) is 22.4 Å². The Balaban J connectivity index is 1.68. The molecule has 0 fully saturated rings. The summed E-state index contributed by atoms with van der Waals surface area (Å²) in [6, 6.07) is 18.0. The Hall–Kier alpha value is -3.36. The fourth-order valence-electron chi connectivity index (χ4n) is 3.40. The van der Waals surface area contributed by atoms with E-state index in [-0.39, 0.29) is 6.23 Å². The van der Waals surface area contributed by atoms with Crippen LogP contribution in [-0.4, -0.2) is 23.1 Å². The molecule has 0 amide bonds. The Kier molecular flexibility index (Phi) is 4.49. The smallest absolute Gasteiger partial charge is 0.153 e. The Morgan fingerprint density at radius 1 is 1.11 bits per heavy atom. The highest BCUT2D eigenvalue weighted by Gasteiger charge is 2.26. The number of hydrogen-bond donors (Lipinski definition) is 0. The largest absolute Gasteiger partial charge is 0.358 e. The molecule has 0 N–H and O–H groups in total. The first-order valence-corrected chi connectivity index (χ1v) is 8.82. The van der Waals surface area contributed by atoms with Gasteiger partial charge in [0.1, 0.15) is 0 Å². The van der Waals surface area contributed by atoms with Gasteiger partial charge in [-0.1, -0.05) is 36.4 Å². The van der Waals surface area contributed by atoms with Gasteiger partial charge in [0.2, 0.25) is 0 Å². The molecule has 27 heavy (non-hydrogen) atoms. The second kappa shape index (κ2) is 7.10. The number of rotatable bonds is 4. The molecule has 5 nitrogen and oxygen atoms in total. The van der Waals surface area contributed by atoms with Crippen molar-refractivity contribution in [1.82, 2.24) is 9.78 Å². The minimum Gasteiger partial charge on any atom is -0.358 e. The van der Waals surface area contributed by atoms with Crippen molar-refractivity contribution < 1.29 is 4.74 Å². The van der Waals surface area contributed by atoms with Gasteiger partial charge in [0.25, 0.3) is 0 Å². The van der Waals surface area contributed by atoms with Gasteiger partial charge in [-0.15, -0.1) is 0 Å². The van der Waals surface area contributed by atoms with E-state index in [2.05, 4.69) is 47.3 Å². The molecular weight excluding hydrogens is 336 g/mol. The number of anilines is 2. The van der Waals surface area contributed by atoms with Crippen molar-refractivity contribution in [2.45, 2.75) is 19.7 Å². The second-order valence-electron chi connectivity index (χ2n) is 6.50. The van der Waals surface area contributed by atoms with E-state index in [9.17, 15) is 0 Å². The van der Waals surface area contributed by atoms with Gasteiger partial charge in [0.15, 0.2) is 6.23 Å². The zero-order valence-corrected chi connectivity index (χ0v) is 15.3. The Bertz CT molecular complexity index is 1030. The third kappa shape index (κ3) is 3.12. The average Bonchev–Trinajstić information content (AvgIpc) is 3.07. The van der Waals surface area contributed by atoms with Crippen molar-refractivity contribution in [3.63, 3.8) is 0 Å². The van der Waals surface area contributed by atoms with Crippen molar-refractivity contribution in [3.05, 3.63) is 83.2 Å². The lowest BCUT2D eigenvalue weighted by molar-refractivity contribution is 0.145. The van der Waals surface area contributed by atoms with Gasteiger partial charge in [-0.25, -0.2) is 0 Å². The maximum absolute atomic E-state index is 8.95. The molecule has 134 valence electrons. The number of aromatic nitrogens is 2. The summed E-state index contributed by atoms with van der Waals surface area (Å²) in [6.45, 7) is 2.72. The number of hydrogen-bond acceptors (Lipinski definition) is 4. The monoisotopic (exact) mass is 356 g/mol. The molecule has 1 aliphatic rings. The molecule has 1 aromatic heterocycles. The van der Waals surface area contributed by atoms with Gasteiger partial charge < -0.3 is 9.64 Å². The van der Waals surface area contributed by atoms with Crippen molar-refractivity contribution in [3.8, 4) is 6.07 Å². The number of methoxy groups -OCH3 is 1. The number of ether oxygens (including phenoxy) is 1. The predicted octanol–water partition coefficient (Wildman–Crippen LogP) is 4.25. The zero-order chi connectivity index (χ0) is 18.8. The van der Waals surface area contributed by atoms with E-state index in [1.807, 2.05) is 47.3 Å². The summed E-state index contributed by atoms with van der Waals surface area (Å²) in [5.41, 5.74) is 6.11. The van der Waals surface area contributed by atoms with Crippen LogP contribution in [0.5, 0.6) is 0 Å². The first-order chi connectivity index (χ1) is 13.2. The van der Waals surface area contributed by atoms with Gasteiger partial charge in [0.05, 0.1) is 41.4 Å². The van der Waals surface area contributed by atoms with Crippen molar-refractivity contribution in [2.75, 3.05) is 12.0 Å². The predicted molar refractivity (Wildman–Crippen MR) is 106 cm³/mol. The topological polar surface area (TPSA) is 54.1 Å². The van der Waals surface area contributed by atoms with Gasteiger partial charge in [0, 0.05) is 7.11 Å². The Morgan fingerprint density at radius 2 is 1.89 bits per heavy atom. The van der Waals surface area contributed by atoms with Crippen LogP contribution >= 0.6 is 0 Å². The van der Waals surface area contributed by atoms with Crippen molar-refractivity contribution in [1.29, 1.82) is 5.26 Å². The fourth-order valence-corrected chi connectivity index (χ4v) is 3.40. The fraction of sp³-hybridized carbons (Fsp3) is 0.182. The number of nitriles is 1. The van der Waals surface area contributed by atoms with Crippen LogP contribution < -0.4 is 4.90 Å². The number of fused-ring (bicyclic) bond motifs is 1. The van der Waals surface area contributed by atoms with Crippen molar-refractivity contribution in [2.24, 2.45) is 0 Å². The van der Waals surface area contributed by atoms with Gasteiger partial charge >= 0.3 is 0 Å². The summed E-state index contributed by atoms with van der Waals surface area (Å²) in [5.74, 6) is 0. The first kappa shape index (κ1) is 17.1. The first-order valence-electron chi connectivity index (χ1n) is 8.82. The van der Waals surface area contributed by atoms with E-state index >= 15 is 0 Å². The van der Waals surface area contributed by atoms with Crippen LogP contribution in [0.25, 0.3) is 6.08 Å². The second-order valence-corrected chi connectivity index (χ2v) is 6.50. The zero-order valence-electron chi connectivity index (χ0n) is 15.3. The summed E-state index contributed by atoms with van der Waals surface area (Å²) in [6.07, 6.45) is 5.86. The molecule has 1 atom stereocenters. The van der Waals surface area contributed by atoms with Gasteiger partial charge in [-0.3, -0.25) is 4.68 Å². The third-order valence-electron chi connectivity index (χ3n) is 4.88. The molecule has 1 unspecified atom stereocenters. The molecule has 1 aliphatic heterocycles. The molecule has 0 saturated carbocycles. The van der Waals surface area contributed by atoms with Crippen LogP contribution in [0.4, 0.5) is 11.4 Å². The number of benzene rings is 2. The lowest BCUT2D eigenvalue weighted by Crippen LogP contribution is -2.33. The summed E-state index contributed by atoms with van der Waals surface area (Å²) < 4.78 is 7.67. The van der Waals surface area contributed by atoms with Crippen molar-refractivity contribution >= 4 is 17.5 Å². The maximum Gasteiger partial charge on any atom is 0.153 e. The van der Waals surface area contributed by atoms with Gasteiger partial charge in [-0.2, -0.15) is 10.4 Å². The molecule has 0 saturated heterocycles. The lowest BCUT2D eigenvalue weighted by atomic mass is 10.1. The van der Waals surface area contributed by atoms with E-state index in [1.165, 1.54) is 0 Å². The summed E-state index contributed by atoms with van der Waals surface area (Å²) in [4.78, 5) is 2.17. The summed E-state index contributed by atoms with van der Waals surface area (Å²) >= 11 is 0. The molecule has 3 aromatic rings. The van der Waals surface area contributed by atoms with Crippen LogP contribution in [0, 0.1) is 18.3 Å². The molecular formula is C22H20N4O. The van der Waals surface area contributed by atoms with E-state index in [1.54, 1.807) is 7.11 Å². The summed E-state index contributed by atoms with van der Waals surface area (Å²) in [5, 5.41) is 13.5. The molecule has 2 aromatic carbocycles. The molecule has 4 rings (SSSR count). The highest BCUT2D eigenvalue weighted by Crippen LogP contribution is 2.37. The molecule has 0 spiro atoms. The van der Waals surface area contributed by atoms with E-state index in [0.717, 1.165) is 28.2 Å². The maximum atomic E-state index is 8.95. The minimum absolute atomic E-state index is 0.175. The summed E-state index contributed by atoms with van der Waals surface area (Å²) in [7, 11) is 1.71. The van der Waals surface area contributed by atoms with Crippen LogP contribution in [0.2, 0.25) is 0 Å². The standard InChI is InChI=1S/C22H20N4O/c1-16-21(14-24-25(16)15-18-9-7-17(13-23)8-10-18)26-20-6-4-3-5-19(20)11-12-22(26)27-2/h3-12,14,22H,15H2,1-2H3. The molecule has 2 heterocycles. The average molecular weight is 356 g/mol. The number of para-hydroxylation sites is 1. The molecule has 0 bridgehead atoms. The normalized spacial score (nSPS) is 15.4. The molecule has 0 aliphatic carbocycles. The molecule has 5 heteroatoms.